The summed E-state index contributed by atoms with van der Waals surface area (Å²) in [6.45, 7) is 4.68. The van der Waals surface area contributed by atoms with Crippen LogP contribution in [0.5, 0.6) is 0 Å². The minimum Gasteiger partial charge on any atom is -0.351 e. The molecular weight excluding hydrogens is 302 g/mol. The molecule has 1 atom stereocenters. The number of urea groups is 1. The Hall–Kier alpha value is -2.66. The van der Waals surface area contributed by atoms with Crippen molar-refractivity contribution < 1.29 is 9.59 Å². The third-order valence-corrected chi connectivity index (χ3v) is 3.97. The fourth-order valence-electron chi connectivity index (χ4n) is 2.81. The number of carbonyl (C=O) groups is 2. The van der Waals surface area contributed by atoms with Gasteiger partial charge in [0.1, 0.15) is 6.04 Å². The Morgan fingerprint density at radius 3 is 2.38 bits per heavy atom. The lowest BCUT2D eigenvalue weighted by Gasteiger charge is -2.27. The van der Waals surface area contributed by atoms with E-state index in [0.29, 0.717) is 6.54 Å². The number of carbonyl (C=O) groups excluding carboxylic acids is 2. The van der Waals surface area contributed by atoms with Gasteiger partial charge in [-0.05, 0) is 37.6 Å². The van der Waals surface area contributed by atoms with Crippen LogP contribution < -0.4 is 11.1 Å². The van der Waals surface area contributed by atoms with Gasteiger partial charge in [0.2, 0.25) is 5.91 Å². The summed E-state index contributed by atoms with van der Waals surface area (Å²) >= 11 is 0. The van der Waals surface area contributed by atoms with E-state index in [9.17, 15) is 9.59 Å². The Kier molecular flexibility index (Phi) is 5.71. The number of primary amides is 1. The molecule has 3 amide bonds. The summed E-state index contributed by atoms with van der Waals surface area (Å²) in [6.07, 6.45) is 0. The SMILES string of the molecule is Cc1ccc(CN(C)[C@H](C(=O)NC(N)=O)c2ccccc2)c(C)c1. The first-order chi connectivity index (χ1) is 11.4. The molecule has 0 heterocycles. The highest BCUT2D eigenvalue weighted by Gasteiger charge is 2.26. The van der Waals surface area contributed by atoms with E-state index in [-0.39, 0.29) is 0 Å². The lowest BCUT2D eigenvalue weighted by Crippen LogP contribution is -2.43. The minimum atomic E-state index is -0.846. The molecule has 0 saturated carbocycles. The number of nitrogens with zero attached hydrogens (tertiary/aromatic N) is 1. The van der Waals surface area contributed by atoms with Crippen molar-refractivity contribution in [1.29, 1.82) is 0 Å². The molecule has 2 aromatic rings. The van der Waals surface area contributed by atoms with Gasteiger partial charge >= 0.3 is 6.03 Å². The van der Waals surface area contributed by atoms with Gasteiger partial charge in [-0.1, -0.05) is 54.1 Å². The third kappa shape index (κ3) is 4.43. The number of nitrogens with one attached hydrogen (secondary N) is 1. The number of nitrogens with two attached hydrogens (primary N) is 1. The van der Waals surface area contributed by atoms with E-state index in [0.717, 1.165) is 11.1 Å². The van der Waals surface area contributed by atoms with Gasteiger partial charge in [0.05, 0.1) is 0 Å². The zero-order valence-corrected chi connectivity index (χ0v) is 14.2. The molecule has 0 bridgehead atoms. The van der Waals surface area contributed by atoms with Crippen LogP contribution in [0.4, 0.5) is 4.79 Å². The van der Waals surface area contributed by atoms with Crippen molar-refractivity contribution in [2.24, 2.45) is 5.73 Å². The second-order valence-corrected chi connectivity index (χ2v) is 6.01. The van der Waals surface area contributed by atoms with Gasteiger partial charge in [-0.15, -0.1) is 0 Å². The summed E-state index contributed by atoms with van der Waals surface area (Å²) in [5.41, 5.74) is 9.43. The average molecular weight is 325 g/mol. The first-order valence-electron chi connectivity index (χ1n) is 7.80. The molecule has 0 aliphatic carbocycles. The van der Waals surface area contributed by atoms with Crippen LogP contribution in [-0.2, 0) is 11.3 Å². The standard InChI is InChI=1S/C19H23N3O2/c1-13-9-10-16(14(2)11-13)12-22(3)17(18(23)21-19(20)24)15-7-5-4-6-8-15/h4-11,17H,12H2,1-3H3,(H3,20,21,23,24)/t17-/m0/s1. The van der Waals surface area contributed by atoms with Crippen LogP contribution in [-0.4, -0.2) is 23.9 Å². The molecule has 2 aromatic carbocycles. The zero-order valence-electron chi connectivity index (χ0n) is 14.2. The van der Waals surface area contributed by atoms with Crippen molar-refractivity contribution in [2.75, 3.05) is 7.05 Å². The number of amides is 3. The maximum absolute atomic E-state index is 12.5. The molecule has 0 unspecified atom stereocenters. The highest BCUT2D eigenvalue weighted by molar-refractivity contribution is 5.96. The van der Waals surface area contributed by atoms with E-state index in [2.05, 4.69) is 30.4 Å². The minimum absolute atomic E-state index is 0.430. The molecule has 2 rings (SSSR count). The van der Waals surface area contributed by atoms with Gasteiger partial charge in [0, 0.05) is 6.54 Å². The Bertz CT molecular complexity index is 729. The Morgan fingerprint density at radius 2 is 1.79 bits per heavy atom. The van der Waals surface area contributed by atoms with Crippen LogP contribution in [0.15, 0.2) is 48.5 Å². The highest BCUT2D eigenvalue weighted by atomic mass is 16.2. The lowest BCUT2D eigenvalue weighted by atomic mass is 10.0. The van der Waals surface area contributed by atoms with Crippen molar-refractivity contribution in [3.63, 3.8) is 0 Å². The van der Waals surface area contributed by atoms with Crippen LogP contribution in [0.25, 0.3) is 0 Å². The maximum atomic E-state index is 12.5. The summed E-state index contributed by atoms with van der Waals surface area (Å²) < 4.78 is 0. The maximum Gasteiger partial charge on any atom is 0.318 e. The topological polar surface area (TPSA) is 75.4 Å². The summed E-state index contributed by atoms with van der Waals surface area (Å²) in [5.74, 6) is -0.430. The van der Waals surface area contributed by atoms with Crippen LogP contribution in [0.3, 0.4) is 0 Å². The fourth-order valence-corrected chi connectivity index (χ4v) is 2.81. The average Bonchev–Trinajstić information content (AvgIpc) is 2.50. The summed E-state index contributed by atoms with van der Waals surface area (Å²) in [6, 6.07) is 14.1. The zero-order chi connectivity index (χ0) is 17.7. The highest BCUT2D eigenvalue weighted by Crippen LogP contribution is 2.23. The van der Waals surface area contributed by atoms with Crippen LogP contribution >= 0.6 is 0 Å². The smallest absolute Gasteiger partial charge is 0.318 e. The normalized spacial score (nSPS) is 12.0. The van der Waals surface area contributed by atoms with Gasteiger partial charge in [-0.3, -0.25) is 15.0 Å². The van der Waals surface area contributed by atoms with Crippen molar-refractivity contribution in [2.45, 2.75) is 26.4 Å². The third-order valence-electron chi connectivity index (χ3n) is 3.97. The van der Waals surface area contributed by atoms with E-state index in [1.165, 1.54) is 11.1 Å². The van der Waals surface area contributed by atoms with Crippen molar-refractivity contribution in [3.8, 4) is 0 Å². The van der Waals surface area contributed by atoms with Crippen LogP contribution in [0, 0.1) is 13.8 Å². The molecule has 0 radical (unpaired) electrons. The first-order valence-corrected chi connectivity index (χ1v) is 7.80. The summed E-state index contributed by atoms with van der Waals surface area (Å²) in [5, 5.41) is 2.19. The Balaban J connectivity index is 2.28. The molecule has 5 nitrogen and oxygen atoms in total. The Morgan fingerprint density at radius 1 is 1.12 bits per heavy atom. The predicted molar refractivity (Wildman–Crippen MR) is 94.3 cm³/mol. The number of rotatable bonds is 5. The van der Waals surface area contributed by atoms with Crippen LogP contribution in [0.1, 0.15) is 28.3 Å². The predicted octanol–water partition coefficient (Wildman–Crippen LogP) is 2.67. The second-order valence-electron chi connectivity index (χ2n) is 6.01. The molecule has 24 heavy (non-hydrogen) atoms. The first kappa shape index (κ1) is 17.7. The van der Waals surface area contributed by atoms with E-state index >= 15 is 0 Å². The number of imide groups is 1. The van der Waals surface area contributed by atoms with Crippen molar-refractivity contribution >= 4 is 11.9 Å². The van der Waals surface area contributed by atoms with Gasteiger partial charge in [-0.25, -0.2) is 4.79 Å². The largest absolute Gasteiger partial charge is 0.351 e. The molecule has 0 saturated heterocycles. The quantitative estimate of drug-likeness (QED) is 0.887. The number of likely N-dealkylation sites (N-methyl/N-ethyl adjacent to an activating group) is 1. The van der Waals surface area contributed by atoms with Gasteiger partial charge < -0.3 is 5.73 Å². The summed E-state index contributed by atoms with van der Waals surface area (Å²) in [7, 11) is 1.86. The molecule has 0 aromatic heterocycles. The monoisotopic (exact) mass is 325 g/mol. The van der Waals surface area contributed by atoms with Crippen molar-refractivity contribution in [1.82, 2.24) is 10.2 Å². The number of hydrogen-bond donors (Lipinski definition) is 2. The molecule has 3 N–H and O–H groups in total. The van der Waals surface area contributed by atoms with E-state index in [4.69, 9.17) is 5.73 Å². The van der Waals surface area contributed by atoms with Crippen LogP contribution in [0.2, 0.25) is 0 Å². The summed E-state index contributed by atoms with van der Waals surface area (Å²) in [4.78, 5) is 25.5. The molecule has 0 fully saturated rings. The lowest BCUT2D eigenvalue weighted by molar-refractivity contribution is -0.125. The number of aryl methyl sites for hydroxylation is 2. The number of hydrogen-bond acceptors (Lipinski definition) is 3. The second kappa shape index (κ2) is 7.75. The number of benzene rings is 2. The van der Waals surface area contributed by atoms with E-state index in [1.807, 2.05) is 49.2 Å². The van der Waals surface area contributed by atoms with E-state index < -0.39 is 18.0 Å². The van der Waals surface area contributed by atoms with Gasteiger partial charge in [-0.2, -0.15) is 0 Å². The van der Waals surface area contributed by atoms with Crippen molar-refractivity contribution in [3.05, 3.63) is 70.8 Å². The van der Waals surface area contributed by atoms with E-state index in [1.54, 1.807) is 0 Å². The molecular formula is C19H23N3O2. The molecule has 0 spiro atoms. The molecule has 126 valence electrons. The Labute approximate surface area is 142 Å². The van der Waals surface area contributed by atoms with Gasteiger partial charge in [0.15, 0.2) is 0 Å². The molecule has 5 heteroatoms. The molecule has 0 aliphatic rings. The van der Waals surface area contributed by atoms with Gasteiger partial charge in [0.25, 0.3) is 0 Å². The molecule has 0 aliphatic heterocycles. The fraction of sp³-hybridized carbons (Fsp3) is 0.263.